The molecule has 13 heteroatoms. The highest BCUT2D eigenvalue weighted by Gasteiger charge is 2.37. The molecule has 3 rings (SSSR count). The van der Waals surface area contributed by atoms with Crippen molar-refractivity contribution in [2.45, 2.75) is 24.0 Å². The number of amides is 2. The number of hydroxylamine groups is 2. The van der Waals surface area contributed by atoms with Crippen LogP contribution in [-0.4, -0.2) is 48.4 Å². The molecule has 2 aromatic heterocycles. The van der Waals surface area contributed by atoms with Crippen LogP contribution in [0.4, 0.5) is 13.2 Å². The summed E-state index contributed by atoms with van der Waals surface area (Å²) in [5.41, 5.74) is -0.104. The van der Waals surface area contributed by atoms with Gasteiger partial charge in [-0.3, -0.25) is 9.59 Å². The minimum absolute atomic E-state index is 0.0364. The highest BCUT2D eigenvalue weighted by molar-refractivity contribution is 7.99. The first-order valence-corrected chi connectivity index (χ1v) is 7.73. The van der Waals surface area contributed by atoms with Crippen LogP contribution in [0.5, 0.6) is 0 Å². The zero-order valence-electron chi connectivity index (χ0n) is 12.2. The Labute approximate surface area is 141 Å². The van der Waals surface area contributed by atoms with Gasteiger partial charge in [0.2, 0.25) is 0 Å². The summed E-state index contributed by atoms with van der Waals surface area (Å²) < 4.78 is 38.9. The van der Waals surface area contributed by atoms with Crippen molar-refractivity contribution in [3.8, 4) is 0 Å². The van der Waals surface area contributed by atoms with Crippen molar-refractivity contribution < 1.29 is 32.4 Å². The SMILES string of the molecule is O=C(CSc1ccc2nnc(C(F)(F)F)n2n1)ON1C(=O)CCC1=O. The molecular weight excluding hydrogens is 367 g/mol. The number of rotatable bonds is 4. The van der Waals surface area contributed by atoms with E-state index in [2.05, 4.69) is 20.1 Å². The topological polar surface area (TPSA) is 107 Å². The molecule has 1 fully saturated rings. The Morgan fingerprint density at radius 3 is 2.52 bits per heavy atom. The summed E-state index contributed by atoms with van der Waals surface area (Å²) in [6.45, 7) is 0. The normalized spacial score (nSPS) is 15.2. The van der Waals surface area contributed by atoms with Crippen molar-refractivity contribution in [1.29, 1.82) is 0 Å². The third-order valence-corrected chi connectivity index (χ3v) is 3.92. The van der Waals surface area contributed by atoms with E-state index in [1.165, 1.54) is 12.1 Å². The summed E-state index contributed by atoms with van der Waals surface area (Å²) in [4.78, 5) is 39.0. The molecular formula is C12H8F3N5O4S. The first-order chi connectivity index (χ1) is 11.8. The molecule has 0 spiro atoms. The molecule has 0 unspecified atom stereocenters. The van der Waals surface area contributed by atoms with E-state index >= 15 is 0 Å². The Morgan fingerprint density at radius 1 is 1.20 bits per heavy atom. The maximum absolute atomic E-state index is 12.8. The summed E-state index contributed by atoms with van der Waals surface area (Å²) in [5.74, 6) is -3.81. The predicted octanol–water partition coefficient (Wildman–Crippen LogP) is 0.842. The quantitative estimate of drug-likeness (QED) is 0.572. The predicted molar refractivity (Wildman–Crippen MR) is 73.7 cm³/mol. The fourth-order valence-corrected chi connectivity index (χ4v) is 2.57. The Kier molecular flexibility index (Phi) is 4.32. The number of hydrogen-bond donors (Lipinski definition) is 0. The van der Waals surface area contributed by atoms with Crippen molar-refractivity contribution >= 4 is 35.2 Å². The molecule has 9 nitrogen and oxygen atoms in total. The Hall–Kier alpha value is -2.70. The maximum Gasteiger partial charge on any atom is 0.453 e. The number of alkyl halides is 3. The van der Waals surface area contributed by atoms with Gasteiger partial charge in [0.25, 0.3) is 17.6 Å². The van der Waals surface area contributed by atoms with Gasteiger partial charge in [-0.25, -0.2) is 4.79 Å². The number of imide groups is 1. The molecule has 0 atom stereocenters. The van der Waals surface area contributed by atoms with Gasteiger partial charge in [-0.1, -0.05) is 11.8 Å². The lowest BCUT2D eigenvalue weighted by Gasteiger charge is -2.12. The molecule has 0 N–H and O–H groups in total. The number of aromatic nitrogens is 4. The molecule has 0 bridgehead atoms. The van der Waals surface area contributed by atoms with Gasteiger partial charge in [0, 0.05) is 12.8 Å². The van der Waals surface area contributed by atoms with E-state index in [1.807, 2.05) is 0 Å². The zero-order chi connectivity index (χ0) is 18.2. The lowest BCUT2D eigenvalue weighted by Crippen LogP contribution is -2.32. The number of thioether (sulfide) groups is 1. The number of halogens is 3. The molecule has 0 aromatic carbocycles. The van der Waals surface area contributed by atoms with Crippen LogP contribution in [0.2, 0.25) is 0 Å². The number of carbonyl (C=O) groups is 3. The molecule has 2 amide bonds. The van der Waals surface area contributed by atoms with E-state index in [0.29, 0.717) is 9.58 Å². The van der Waals surface area contributed by atoms with Gasteiger partial charge in [-0.2, -0.15) is 22.8 Å². The lowest BCUT2D eigenvalue weighted by atomic mass is 10.4. The number of carbonyl (C=O) groups excluding carboxylic acids is 3. The average molecular weight is 375 g/mol. The van der Waals surface area contributed by atoms with Gasteiger partial charge in [0.1, 0.15) is 10.8 Å². The highest BCUT2D eigenvalue weighted by atomic mass is 32.2. The van der Waals surface area contributed by atoms with Crippen molar-refractivity contribution in [1.82, 2.24) is 24.9 Å². The Balaban J connectivity index is 1.68. The number of nitrogens with zero attached hydrogens (tertiary/aromatic N) is 5. The minimum atomic E-state index is -4.73. The van der Waals surface area contributed by atoms with Gasteiger partial charge in [0.15, 0.2) is 5.65 Å². The number of hydrogen-bond acceptors (Lipinski definition) is 8. The van der Waals surface area contributed by atoms with Crippen LogP contribution in [0, 0.1) is 0 Å². The minimum Gasteiger partial charge on any atom is -0.329 e. The summed E-state index contributed by atoms with van der Waals surface area (Å²) in [6.07, 6.45) is -4.80. The molecule has 1 saturated heterocycles. The van der Waals surface area contributed by atoms with E-state index in [4.69, 9.17) is 0 Å². The fraction of sp³-hybridized carbons (Fsp3) is 0.333. The third-order valence-electron chi connectivity index (χ3n) is 3.03. The molecule has 25 heavy (non-hydrogen) atoms. The molecule has 1 aliphatic heterocycles. The molecule has 0 saturated carbocycles. The van der Waals surface area contributed by atoms with E-state index in [0.717, 1.165) is 11.8 Å². The van der Waals surface area contributed by atoms with E-state index in [-0.39, 0.29) is 29.3 Å². The summed E-state index contributed by atoms with van der Waals surface area (Å²) in [7, 11) is 0. The monoisotopic (exact) mass is 375 g/mol. The molecule has 0 aliphatic carbocycles. The molecule has 1 aliphatic rings. The van der Waals surface area contributed by atoms with E-state index in [1.54, 1.807) is 0 Å². The van der Waals surface area contributed by atoms with Crippen LogP contribution in [0.3, 0.4) is 0 Å². The highest BCUT2D eigenvalue weighted by Crippen LogP contribution is 2.28. The molecule has 132 valence electrons. The van der Waals surface area contributed by atoms with Crippen molar-refractivity contribution in [2.24, 2.45) is 0 Å². The van der Waals surface area contributed by atoms with Gasteiger partial charge in [0.05, 0.1) is 0 Å². The summed E-state index contributed by atoms with van der Waals surface area (Å²) >= 11 is 0.773. The van der Waals surface area contributed by atoms with Crippen LogP contribution in [-0.2, 0) is 25.4 Å². The van der Waals surface area contributed by atoms with Crippen LogP contribution in [0.15, 0.2) is 17.2 Å². The Morgan fingerprint density at radius 2 is 1.88 bits per heavy atom. The summed E-state index contributed by atoms with van der Waals surface area (Å²) in [6, 6.07) is 2.62. The first-order valence-electron chi connectivity index (χ1n) is 6.75. The van der Waals surface area contributed by atoms with Gasteiger partial charge in [-0.15, -0.1) is 15.3 Å². The molecule has 2 aromatic rings. The standard InChI is InChI=1S/C12H8F3N5O4S/c13-12(14,15)11-17-16-6-1-2-7(18-19(6)11)25-5-10(23)24-20-8(21)3-4-9(20)22/h1-2H,3-5H2. The van der Waals surface area contributed by atoms with Crippen molar-refractivity contribution in [2.75, 3.05) is 5.75 Å². The second-order valence-electron chi connectivity index (χ2n) is 4.80. The first kappa shape index (κ1) is 17.1. The lowest BCUT2D eigenvalue weighted by molar-refractivity contribution is -0.195. The fourth-order valence-electron chi connectivity index (χ4n) is 1.94. The van der Waals surface area contributed by atoms with Gasteiger partial charge in [-0.05, 0) is 12.1 Å². The van der Waals surface area contributed by atoms with Crippen LogP contribution in [0.1, 0.15) is 18.7 Å². The second-order valence-corrected chi connectivity index (χ2v) is 5.79. The largest absolute Gasteiger partial charge is 0.453 e. The molecule has 0 radical (unpaired) electrons. The third kappa shape index (κ3) is 3.55. The second kappa shape index (κ2) is 6.31. The van der Waals surface area contributed by atoms with Crippen LogP contribution in [0.25, 0.3) is 5.65 Å². The Bertz CT molecular complexity index is 852. The smallest absolute Gasteiger partial charge is 0.329 e. The zero-order valence-corrected chi connectivity index (χ0v) is 13.0. The average Bonchev–Trinajstić information content (AvgIpc) is 3.10. The van der Waals surface area contributed by atoms with Crippen molar-refractivity contribution in [3.63, 3.8) is 0 Å². The van der Waals surface area contributed by atoms with Gasteiger partial charge < -0.3 is 4.84 Å². The summed E-state index contributed by atoms with van der Waals surface area (Å²) in [5, 5.41) is 10.6. The van der Waals surface area contributed by atoms with Crippen molar-refractivity contribution in [3.05, 3.63) is 18.0 Å². The number of fused-ring (bicyclic) bond motifs is 1. The molecule has 3 heterocycles. The maximum atomic E-state index is 12.8. The van der Waals surface area contributed by atoms with Crippen LogP contribution < -0.4 is 0 Å². The van der Waals surface area contributed by atoms with E-state index < -0.39 is 29.8 Å². The van der Waals surface area contributed by atoms with Crippen LogP contribution >= 0.6 is 11.8 Å². The van der Waals surface area contributed by atoms with E-state index in [9.17, 15) is 27.6 Å². The van der Waals surface area contributed by atoms with Gasteiger partial charge >= 0.3 is 12.1 Å².